The second kappa shape index (κ2) is 5.83. The van der Waals surface area contributed by atoms with E-state index in [1.807, 2.05) is 49.1 Å². The predicted molar refractivity (Wildman–Crippen MR) is 89.8 cm³/mol. The highest BCUT2D eigenvalue weighted by Crippen LogP contribution is 2.50. The van der Waals surface area contributed by atoms with Crippen LogP contribution in [0.5, 0.6) is 0 Å². The standard InChI is InChI=1S/C20H21NO4/c1-11-10-15-17(20(24)25-19(15)23)14-8-9-16(22)21(18(11)14)12(2)13-6-4-3-5-7-13/h3-7,12,14-15,17H,8-10H2,1-2H3/t12-,14?,15-,17+/m0/s1. The van der Waals surface area contributed by atoms with E-state index in [1.54, 1.807) is 0 Å². The molecule has 3 aliphatic rings. The van der Waals surface area contributed by atoms with Gasteiger partial charge in [0, 0.05) is 18.0 Å². The maximum Gasteiger partial charge on any atom is 0.318 e. The number of hydrogen-bond donors (Lipinski definition) is 0. The fourth-order valence-corrected chi connectivity index (χ4v) is 4.67. The molecule has 0 saturated carbocycles. The number of amides is 1. The maximum absolute atomic E-state index is 12.8. The molecule has 130 valence electrons. The van der Waals surface area contributed by atoms with Crippen LogP contribution in [0, 0.1) is 17.8 Å². The van der Waals surface area contributed by atoms with Crippen LogP contribution >= 0.6 is 0 Å². The van der Waals surface area contributed by atoms with Gasteiger partial charge in [-0.1, -0.05) is 35.9 Å². The van der Waals surface area contributed by atoms with Crippen molar-refractivity contribution in [1.82, 2.24) is 4.90 Å². The van der Waals surface area contributed by atoms with E-state index in [2.05, 4.69) is 0 Å². The number of rotatable bonds is 2. The highest BCUT2D eigenvalue weighted by molar-refractivity contribution is 5.97. The Bertz CT molecular complexity index is 782. The summed E-state index contributed by atoms with van der Waals surface area (Å²) >= 11 is 0. The molecular formula is C20H21NO4. The summed E-state index contributed by atoms with van der Waals surface area (Å²) in [5.41, 5.74) is 3.01. The molecule has 4 rings (SSSR count). The molecule has 0 bridgehead atoms. The van der Waals surface area contributed by atoms with Crippen LogP contribution < -0.4 is 0 Å². The molecule has 2 heterocycles. The van der Waals surface area contributed by atoms with Gasteiger partial charge in [-0.2, -0.15) is 0 Å². The first kappa shape index (κ1) is 16.1. The molecule has 5 nitrogen and oxygen atoms in total. The Morgan fingerprint density at radius 1 is 1.08 bits per heavy atom. The molecular weight excluding hydrogens is 318 g/mol. The van der Waals surface area contributed by atoms with Crippen molar-refractivity contribution >= 4 is 17.8 Å². The summed E-state index contributed by atoms with van der Waals surface area (Å²) in [7, 11) is 0. The summed E-state index contributed by atoms with van der Waals surface area (Å²) in [6, 6.07) is 9.79. The van der Waals surface area contributed by atoms with Gasteiger partial charge in [-0.15, -0.1) is 0 Å². The lowest BCUT2D eigenvalue weighted by Gasteiger charge is -2.45. The summed E-state index contributed by atoms with van der Waals surface area (Å²) in [5, 5.41) is 0. The van der Waals surface area contributed by atoms with E-state index in [1.165, 1.54) is 0 Å². The smallest absolute Gasteiger partial charge is 0.318 e. The Morgan fingerprint density at radius 3 is 2.52 bits per heavy atom. The van der Waals surface area contributed by atoms with Crippen molar-refractivity contribution in [3.63, 3.8) is 0 Å². The zero-order chi connectivity index (χ0) is 17.7. The number of hydrogen-bond acceptors (Lipinski definition) is 4. The third-order valence-corrected chi connectivity index (χ3v) is 5.82. The number of fused-ring (bicyclic) bond motifs is 3. The second-order valence-electron chi connectivity index (χ2n) is 7.24. The highest BCUT2D eigenvalue weighted by atomic mass is 16.6. The largest absolute Gasteiger partial charge is 0.393 e. The van der Waals surface area contributed by atoms with Crippen LogP contribution in [-0.2, 0) is 19.1 Å². The van der Waals surface area contributed by atoms with Gasteiger partial charge in [0.25, 0.3) is 0 Å². The number of carbonyl (C=O) groups is 3. The zero-order valence-corrected chi connectivity index (χ0v) is 14.4. The third kappa shape index (κ3) is 2.41. The number of nitrogens with zero attached hydrogens (tertiary/aromatic N) is 1. The lowest BCUT2D eigenvalue weighted by atomic mass is 9.69. The minimum Gasteiger partial charge on any atom is -0.393 e. The molecule has 1 aromatic carbocycles. The Hall–Kier alpha value is -2.43. The van der Waals surface area contributed by atoms with Crippen LogP contribution in [0.1, 0.15) is 44.7 Å². The molecule has 1 aliphatic carbocycles. The molecule has 25 heavy (non-hydrogen) atoms. The molecule has 5 heteroatoms. The van der Waals surface area contributed by atoms with Gasteiger partial charge in [-0.3, -0.25) is 14.4 Å². The van der Waals surface area contributed by atoms with E-state index in [4.69, 9.17) is 4.74 Å². The van der Waals surface area contributed by atoms with Crippen LogP contribution in [0.15, 0.2) is 41.6 Å². The monoisotopic (exact) mass is 339 g/mol. The fourth-order valence-electron chi connectivity index (χ4n) is 4.67. The van der Waals surface area contributed by atoms with Gasteiger partial charge in [0.2, 0.25) is 5.91 Å². The zero-order valence-electron chi connectivity index (χ0n) is 14.4. The van der Waals surface area contributed by atoms with Crippen molar-refractivity contribution < 1.29 is 19.1 Å². The number of carbonyl (C=O) groups excluding carboxylic acids is 3. The fraction of sp³-hybridized carbons (Fsp3) is 0.450. The Morgan fingerprint density at radius 2 is 1.80 bits per heavy atom. The van der Waals surface area contributed by atoms with Crippen molar-refractivity contribution in [2.75, 3.05) is 0 Å². The topological polar surface area (TPSA) is 63.7 Å². The average Bonchev–Trinajstić information content (AvgIpc) is 2.89. The number of allylic oxidation sites excluding steroid dienone is 2. The summed E-state index contributed by atoms with van der Waals surface area (Å²) in [6.07, 6.45) is 1.49. The molecule has 2 aliphatic heterocycles. The van der Waals surface area contributed by atoms with E-state index in [0.717, 1.165) is 16.8 Å². The average molecular weight is 339 g/mol. The van der Waals surface area contributed by atoms with Crippen molar-refractivity contribution in [2.45, 2.75) is 39.2 Å². The number of esters is 2. The first-order valence-electron chi connectivity index (χ1n) is 8.81. The van der Waals surface area contributed by atoms with Gasteiger partial charge in [0.15, 0.2) is 0 Å². The summed E-state index contributed by atoms with van der Waals surface area (Å²) in [6.45, 7) is 3.98. The number of piperidine rings is 1. The lowest BCUT2D eigenvalue weighted by molar-refractivity contribution is -0.154. The quantitative estimate of drug-likeness (QED) is 0.614. The Kier molecular flexibility index (Phi) is 3.74. The van der Waals surface area contributed by atoms with Crippen molar-refractivity contribution in [3.05, 3.63) is 47.2 Å². The molecule has 4 atom stereocenters. The summed E-state index contributed by atoms with van der Waals surface area (Å²) in [5.74, 6) is -1.69. The molecule has 1 amide bonds. The van der Waals surface area contributed by atoms with E-state index < -0.39 is 17.9 Å². The lowest BCUT2D eigenvalue weighted by Crippen LogP contribution is -2.46. The first-order valence-corrected chi connectivity index (χ1v) is 8.81. The highest BCUT2D eigenvalue weighted by Gasteiger charge is 2.54. The van der Waals surface area contributed by atoms with Gasteiger partial charge < -0.3 is 9.64 Å². The SMILES string of the molecule is CC1=C2C(CCC(=O)N2[C@@H](C)c2ccccc2)[C@H]2C(=O)OC(=O)[C@H]2C1. The second-order valence-corrected chi connectivity index (χ2v) is 7.24. The minimum absolute atomic E-state index is 0.0816. The molecule has 1 unspecified atom stereocenters. The maximum atomic E-state index is 12.8. The van der Waals surface area contributed by atoms with Gasteiger partial charge in [0.1, 0.15) is 0 Å². The van der Waals surface area contributed by atoms with Gasteiger partial charge in [0.05, 0.1) is 17.9 Å². The van der Waals surface area contributed by atoms with Crippen LogP contribution in [0.4, 0.5) is 0 Å². The van der Waals surface area contributed by atoms with Crippen molar-refractivity contribution in [1.29, 1.82) is 0 Å². The molecule has 0 spiro atoms. The Labute approximate surface area is 146 Å². The third-order valence-electron chi connectivity index (χ3n) is 5.82. The number of likely N-dealkylation sites (tertiary alicyclic amines) is 1. The predicted octanol–water partition coefficient (Wildman–Crippen LogP) is 2.98. The van der Waals surface area contributed by atoms with Gasteiger partial charge >= 0.3 is 11.9 Å². The van der Waals surface area contributed by atoms with Crippen LogP contribution in [0.3, 0.4) is 0 Å². The molecule has 1 aromatic rings. The van der Waals surface area contributed by atoms with Crippen molar-refractivity contribution in [3.8, 4) is 0 Å². The number of benzene rings is 1. The normalized spacial score (nSPS) is 30.1. The summed E-state index contributed by atoms with van der Waals surface area (Å²) in [4.78, 5) is 38.8. The van der Waals surface area contributed by atoms with E-state index in [9.17, 15) is 14.4 Å². The Balaban J connectivity index is 1.77. The van der Waals surface area contributed by atoms with E-state index in [0.29, 0.717) is 19.3 Å². The summed E-state index contributed by atoms with van der Waals surface area (Å²) < 4.78 is 4.90. The van der Waals surface area contributed by atoms with Gasteiger partial charge in [-0.25, -0.2) is 0 Å². The molecule has 0 N–H and O–H groups in total. The van der Waals surface area contributed by atoms with E-state index >= 15 is 0 Å². The molecule has 2 saturated heterocycles. The molecule has 2 fully saturated rings. The van der Waals surface area contributed by atoms with Gasteiger partial charge in [-0.05, 0) is 32.3 Å². The molecule has 0 aromatic heterocycles. The first-order chi connectivity index (χ1) is 12.0. The van der Waals surface area contributed by atoms with E-state index in [-0.39, 0.29) is 23.8 Å². The molecule has 0 radical (unpaired) electrons. The van der Waals surface area contributed by atoms with Crippen LogP contribution in [0.2, 0.25) is 0 Å². The minimum atomic E-state index is -0.440. The van der Waals surface area contributed by atoms with Crippen LogP contribution in [0.25, 0.3) is 0 Å². The van der Waals surface area contributed by atoms with Crippen molar-refractivity contribution in [2.24, 2.45) is 17.8 Å². The number of ether oxygens (including phenoxy) is 1. The van der Waals surface area contributed by atoms with Crippen LogP contribution in [-0.4, -0.2) is 22.7 Å². The number of cyclic esters (lactones) is 2.